The van der Waals surface area contributed by atoms with E-state index in [0.29, 0.717) is 18.2 Å². The molecule has 1 rings (SSSR count). The summed E-state index contributed by atoms with van der Waals surface area (Å²) in [5.74, 6) is 0.806. The molecule has 14 heavy (non-hydrogen) atoms. The number of halogens is 1. The quantitative estimate of drug-likeness (QED) is 0.795. The Balaban J connectivity index is 2.40. The van der Waals surface area contributed by atoms with Crippen molar-refractivity contribution in [2.45, 2.75) is 32.4 Å². The maximum atomic E-state index is 8.82. The maximum Gasteiger partial charge on any atom is 0.193 e. The Labute approximate surface area is 89.1 Å². The zero-order valence-corrected chi connectivity index (χ0v) is 9.27. The maximum absolute atomic E-state index is 8.82. The highest BCUT2D eigenvalue weighted by molar-refractivity contribution is 6.28. The summed E-state index contributed by atoms with van der Waals surface area (Å²) < 4.78 is 5.20. The minimum atomic E-state index is -0.0893. The first-order chi connectivity index (χ1) is 6.53. The third-order valence-corrected chi connectivity index (χ3v) is 2.31. The number of rotatable bonds is 5. The van der Waals surface area contributed by atoms with Crippen LogP contribution in [0.4, 0.5) is 0 Å². The summed E-state index contributed by atoms with van der Waals surface area (Å²) in [5, 5.41) is 12.5. The van der Waals surface area contributed by atoms with E-state index in [1.807, 2.05) is 19.9 Å². The highest BCUT2D eigenvalue weighted by Gasteiger charge is 2.16. The molecule has 0 bridgehead atoms. The Kier molecular flexibility index (Phi) is 3.98. The summed E-state index contributed by atoms with van der Waals surface area (Å²) in [5.41, 5.74) is -0.0893. The molecule has 0 fully saturated rings. The van der Waals surface area contributed by atoms with Crippen molar-refractivity contribution in [2.24, 2.45) is 0 Å². The summed E-state index contributed by atoms with van der Waals surface area (Å²) in [6, 6.07) is 3.56. The molecule has 0 saturated carbocycles. The lowest BCUT2D eigenvalue weighted by Gasteiger charge is -2.24. The Morgan fingerprint density at radius 1 is 1.50 bits per heavy atom. The average Bonchev–Trinajstić information content (AvgIpc) is 2.48. The van der Waals surface area contributed by atoms with Crippen LogP contribution in [0, 0.1) is 0 Å². The monoisotopic (exact) mass is 217 g/mol. The van der Waals surface area contributed by atoms with E-state index in [4.69, 9.17) is 21.1 Å². The lowest BCUT2D eigenvalue weighted by molar-refractivity contribution is 0.227. The van der Waals surface area contributed by atoms with Crippen LogP contribution in [-0.2, 0) is 6.54 Å². The Hall–Kier alpha value is -0.510. The predicted octanol–water partition coefficient (Wildman–Crippen LogP) is 2.18. The van der Waals surface area contributed by atoms with Crippen LogP contribution in [0.25, 0.3) is 0 Å². The number of nitrogens with one attached hydrogen (secondary N) is 1. The fourth-order valence-electron chi connectivity index (χ4n) is 1.14. The van der Waals surface area contributed by atoms with Crippen LogP contribution in [0.1, 0.15) is 26.0 Å². The molecule has 0 radical (unpaired) electrons. The molecule has 1 aromatic rings. The molecule has 0 unspecified atom stereocenters. The molecule has 0 aliphatic heterocycles. The minimum absolute atomic E-state index is 0.0893. The van der Waals surface area contributed by atoms with Gasteiger partial charge in [0.2, 0.25) is 0 Å². The second-order valence-corrected chi connectivity index (χ2v) is 4.29. The van der Waals surface area contributed by atoms with Gasteiger partial charge in [-0.2, -0.15) is 0 Å². The Morgan fingerprint density at radius 2 is 2.21 bits per heavy atom. The summed E-state index contributed by atoms with van der Waals surface area (Å²) >= 11 is 5.64. The second-order valence-electron chi connectivity index (χ2n) is 3.92. The fourth-order valence-corrected chi connectivity index (χ4v) is 1.30. The van der Waals surface area contributed by atoms with Gasteiger partial charge in [-0.05, 0) is 44.0 Å². The molecule has 4 heteroatoms. The van der Waals surface area contributed by atoms with Crippen LogP contribution in [0.15, 0.2) is 16.5 Å². The topological polar surface area (TPSA) is 45.4 Å². The summed E-state index contributed by atoms with van der Waals surface area (Å²) in [4.78, 5) is 0. The number of hydrogen-bond acceptors (Lipinski definition) is 3. The van der Waals surface area contributed by atoms with Crippen LogP contribution in [-0.4, -0.2) is 17.3 Å². The van der Waals surface area contributed by atoms with E-state index in [9.17, 15) is 0 Å². The van der Waals surface area contributed by atoms with Crippen molar-refractivity contribution in [3.63, 3.8) is 0 Å². The molecule has 2 N–H and O–H groups in total. The molecule has 1 heterocycles. The van der Waals surface area contributed by atoms with E-state index in [1.165, 1.54) is 0 Å². The van der Waals surface area contributed by atoms with Crippen molar-refractivity contribution in [3.8, 4) is 0 Å². The summed E-state index contributed by atoms with van der Waals surface area (Å²) in [7, 11) is 0. The van der Waals surface area contributed by atoms with Crippen molar-refractivity contribution in [1.29, 1.82) is 0 Å². The number of furan rings is 1. The molecule has 0 aromatic carbocycles. The van der Waals surface area contributed by atoms with E-state index in [1.54, 1.807) is 6.07 Å². The smallest absolute Gasteiger partial charge is 0.193 e. The van der Waals surface area contributed by atoms with Gasteiger partial charge in [0.15, 0.2) is 5.22 Å². The zero-order valence-electron chi connectivity index (χ0n) is 8.51. The third kappa shape index (κ3) is 3.70. The molecule has 1 aromatic heterocycles. The van der Waals surface area contributed by atoms with Crippen LogP contribution >= 0.6 is 11.6 Å². The first-order valence-electron chi connectivity index (χ1n) is 4.63. The van der Waals surface area contributed by atoms with Gasteiger partial charge in [0.1, 0.15) is 5.76 Å². The molecule has 80 valence electrons. The molecule has 0 aliphatic rings. The van der Waals surface area contributed by atoms with Crippen molar-refractivity contribution in [1.82, 2.24) is 5.32 Å². The molecule has 0 amide bonds. The highest BCUT2D eigenvalue weighted by Crippen LogP contribution is 2.14. The predicted molar refractivity (Wildman–Crippen MR) is 56.3 cm³/mol. The van der Waals surface area contributed by atoms with Crippen molar-refractivity contribution >= 4 is 11.6 Å². The molecule has 0 atom stereocenters. The molecule has 0 saturated heterocycles. The van der Waals surface area contributed by atoms with Gasteiger partial charge < -0.3 is 14.8 Å². The van der Waals surface area contributed by atoms with Gasteiger partial charge in [0.25, 0.3) is 0 Å². The first kappa shape index (κ1) is 11.6. The van der Waals surface area contributed by atoms with Crippen LogP contribution < -0.4 is 5.32 Å². The summed E-state index contributed by atoms with van der Waals surface area (Å²) in [6.45, 7) is 4.88. The van der Waals surface area contributed by atoms with Gasteiger partial charge in [0.05, 0.1) is 6.54 Å². The zero-order chi connectivity index (χ0) is 10.6. The molecular formula is C10H16ClNO2. The SMILES string of the molecule is CC(C)(CCO)NCc1ccc(Cl)o1. The van der Waals surface area contributed by atoms with E-state index < -0.39 is 0 Å². The van der Waals surface area contributed by atoms with E-state index in [-0.39, 0.29) is 12.1 Å². The van der Waals surface area contributed by atoms with Gasteiger partial charge >= 0.3 is 0 Å². The minimum Gasteiger partial charge on any atom is -0.448 e. The normalized spacial score (nSPS) is 12.0. The lowest BCUT2D eigenvalue weighted by Crippen LogP contribution is -2.39. The standard InChI is InChI=1S/C10H16ClNO2/c1-10(2,5-6-13)12-7-8-3-4-9(11)14-8/h3-4,12-13H,5-7H2,1-2H3. The van der Waals surface area contributed by atoms with Crippen LogP contribution in [0.2, 0.25) is 5.22 Å². The van der Waals surface area contributed by atoms with Crippen molar-refractivity contribution < 1.29 is 9.52 Å². The second kappa shape index (κ2) is 4.82. The molecule has 0 aliphatic carbocycles. The van der Waals surface area contributed by atoms with Crippen molar-refractivity contribution in [2.75, 3.05) is 6.61 Å². The van der Waals surface area contributed by atoms with Crippen molar-refractivity contribution in [3.05, 3.63) is 23.1 Å². The van der Waals surface area contributed by atoms with Gasteiger partial charge in [-0.1, -0.05) is 0 Å². The molecule has 3 nitrogen and oxygen atoms in total. The molecule has 0 spiro atoms. The highest BCUT2D eigenvalue weighted by atomic mass is 35.5. The van der Waals surface area contributed by atoms with Gasteiger partial charge in [-0.15, -0.1) is 0 Å². The number of aliphatic hydroxyl groups is 1. The largest absolute Gasteiger partial charge is 0.448 e. The van der Waals surface area contributed by atoms with E-state index >= 15 is 0 Å². The first-order valence-corrected chi connectivity index (χ1v) is 5.01. The lowest BCUT2D eigenvalue weighted by atomic mass is 10.0. The fraction of sp³-hybridized carbons (Fsp3) is 0.600. The Morgan fingerprint density at radius 3 is 2.71 bits per heavy atom. The van der Waals surface area contributed by atoms with E-state index in [2.05, 4.69) is 5.32 Å². The van der Waals surface area contributed by atoms with Crippen LogP contribution in [0.3, 0.4) is 0 Å². The van der Waals surface area contributed by atoms with Gasteiger partial charge in [-0.3, -0.25) is 0 Å². The van der Waals surface area contributed by atoms with Crippen LogP contribution in [0.5, 0.6) is 0 Å². The molecular weight excluding hydrogens is 202 g/mol. The number of hydrogen-bond donors (Lipinski definition) is 2. The number of aliphatic hydroxyl groups excluding tert-OH is 1. The van der Waals surface area contributed by atoms with Gasteiger partial charge in [0, 0.05) is 12.1 Å². The third-order valence-electron chi connectivity index (χ3n) is 2.11. The average molecular weight is 218 g/mol. The summed E-state index contributed by atoms with van der Waals surface area (Å²) in [6.07, 6.45) is 0.710. The van der Waals surface area contributed by atoms with E-state index in [0.717, 1.165) is 5.76 Å². The van der Waals surface area contributed by atoms with Gasteiger partial charge in [-0.25, -0.2) is 0 Å². The Bertz CT molecular complexity index is 283.